The van der Waals surface area contributed by atoms with E-state index in [4.69, 9.17) is 16.0 Å². The van der Waals surface area contributed by atoms with Gasteiger partial charge in [0.05, 0.1) is 22.7 Å². The summed E-state index contributed by atoms with van der Waals surface area (Å²) in [6.45, 7) is 4.71. The molecule has 0 bridgehead atoms. The molecular formula is C16H17ClN4O2S. The number of piperazine rings is 1. The summed E-state index contributed by atoms with van der Waals surface area (Å²) < 4.78 is 6.10. The van der Waals surface area contributed by atoms with Crippen molar-refractivity contribution in [3.05, 3.63) is 27.5 Å². The Balaban J connectivity index is 1.86. The largest absolute Gasteiger partial charge is 0.423 e. The van der Waals surface area contributed by atoms with Crippen molar-refractivity contribution in [2.45, 2.75) is 19.6 Å². The maximum atomic E-state index is 9.53. The van der Waals surface area contributed by atoms with Crippen LogP contribution >= 0.6 is 22.9 Å². The topological polar surface area (TPSA) is 74.4 Å². The smallest absolute Gasteiger partial charge is 0.298 e. The fourth-order valence-corrected chi connectivity index (χ4v) is 3.86. The molecule has 0 amide bonds. The number of nitrogens with one attached hydrogen (secondary N) is 1. The summed E-state index contributed by atoms with van der Waals surface area (Å²) in [6.07, 6.45) is 0. The second-order valence-corrected chi connectivity index (χ2v) is 7.20. The average molecular weight is 365 g/mol. The Morgan fingerprint density at radius 2 is 2.38 bits per heavy atom. The molecule has 0 radical (unpaired) electrons. The Labute approximate surface area is 148 Å². The Kier molecular flexibility index (Phi) is 4.17. The first-order chi connectivity index (χ1) is 11.7. The number of aliphatic hydroxyl groups excluding tert-OH is 1. The lowest BCUT2D eigenvalue weighted by Crippen LogP contribution is -2.50. The molecule has 2 N–H and O–H groups in total. The normalized spacial score (nSPS) is 18.5. The lowest BCUT2D eigenvalue weighted by molar-refractivity contribution is 0.286. The van der Waals surface area contributed by atoms with E-state index in [9.17, 15) is 5.11 Å². The van der Waals surface area contributed by atoms with Gasteiger partial charge in [-0.3, -0.25) is 0 Å². The Morgan fingerprint density at radius 1 is 1.50 bits per heavy atom. The van der Waals surface area contributed by atoms with Gasteiger partial charge in [0.25, 0.3) is 6.01 Å². The first kappa shape index (κ1) is 15.8. The van der Waals surface area contributed by atoms with Gasteiger partial charge < -0.3 is 19.7 Å². The lowest BCUT2D eigenvalue weighted by Gasteiger charge is -2.32. The SMILES string of the molecule is CC1CNCCN1c1nc2cc(Cl)cc(-c3ncsc3CO)c2o1. The van der Waals surface area contributed by atoms with Gasteiger partial charge in [0.2, 0.25) is 0 Å². The third kappa shape index (κ3) is 2.67. The number of aromatic nitrogens is 2. The quantitative estimate of drug-likeness (QED) is 0.744. The number of hydrogen-bond acceptors (Lipinski definition) is 7. The van der Waals surface area contributed by atoms with Crippen molar-refractivity contribution in [3.8, 4) is 11.3 Å². The maximum absolute atomic E-state index is 9.53. The summed E-state index contributed by atoms with van der Waals surface area (Å²) in [5.41, 5.74) is 4.54. The third-order valence-corrected chi connectivity index (χ3v) is 5.27. The maximum Gasteiger partial charge on any atom is 0.298 e. The van der Waals surface area contributed by atoms with Crippen LogP contribution in [0.25, 0.3) is 22.4 Å². The molecule has 0 saturated carbocycles. The van der Waals surface area contributed by atoms with Crippen LogP contribution in [-0.4, -0.2) is 40.8 Å². The number of hydrogen-bond donors (Lipinski definition) is 2. The summed E-state index contributed by atoms with van der Waals surface area (Å²) in [5.74, 6) is 0. The highest BCUT2D eigenvalue weighted by atomic mass is 35.5. The zero-order chi connectivity index (χ0) is 16.7. The number of rotatable bonds is 3. The first-order valence-corrected chi connectivity index (χ1v) is 9.04. The summed E-state index contributed by atoms with van der Waals surface area (Å²) in [7, 11) is 0. The van der Waals surface area contributed by atoms with E-state index in [0.29, 0.717) is 33.9 Å². The minimum Gasteiger partial charge on any atom is -0.423 e. The highest BCUT2D eigenvalue weighted by molar-refractivity contribution is 7.10. The molecule has 8 heteroatoms. The molecule has 4 rings (SSSR count). The number of benzene rings is 1. The standard InChI is InChI=1S/C16H17ClN4O2S/c1-9-6-18-2-3-21(9)16-20-12-5-10(17)4-11(15(12)23-16)14-13(7-22)24-8-19-14/h4-5,8-9,18,22H,2-3,6-7H2,1H3. The molecule has 1 saturated heterocycles. The molecule has 1 aliphatic heterocycles. The fourth-order valence-electron chi connectivity index (χ4n) is 3.01. The molecule has 1 atom stereocenters. The molecule has 1 fully saturated rings. The van der Waals surface area contributed by atoms with Gasteiger partial charge in [0.15, 0.2) is 5.58 Å². The Hall–Kier alpha value is -1.67. The summed E-state index contributed by atoms with van der Waals surface area (Å²) in [5, 5.41) is 13.5. The molecule has 1 unspecified atom stereocenters. The summed E-state index contributed by atoms with van der Waals surface area (Å²) >= 11 is 7.68. The third-order valence-electron chi connectivity index (χ3n) is 4.23. The average Bonchev–Trinajstić information content (AvgIpc) is 3.20. The lowest BCUT2D eigenvalue weighted by atomic mass is 10.1. The van der Waals surface area contributed by atoms with E-state index in [1.165, 1.54) is 11.3 Å². The van der Waals surface area contributed by atoms with Crippen LogP contribution in [0.4, 0.5) is 6.01 Å². The van der Waals surface area contributed by atoms with Gasteiger partial charge in [-0.2, -0.15) is 4.98 Å². The van der Waals surface area contributed by atoms with Crippen LogP contribution in [0.5, 0.6) is 0 Å². The van der Waals surface area contributed by atoms with E-state index >= 15 is 0 Å². The number of aliphatic hydroxyl groups is 1. The van der Waals surface area contributed by atoms with Gasteiger partial charge in [-0.15, -0.1) is 11.3 Å². The number of fused-ring (bicyclic) bond motifs is 1. The van der Waals surface area contributed by atoms with Crippen LogP contribution in [0.15, 0.2) is 22.1 Å². The molecule has 1 aliphatic rings. The molecule has 0 spiro atoms. The zero-order valence-electron chi connectivity index (χ0n) is 13.1. The number of nitrogens with zero attached hydrogens (tertiary/aromatic N) is 3. The van der Waals surface area contributed by atoms with Crippen LogP contribution in [0.2, 0.25) is 5.02 Å². The molecule has 3 aromatic rings. The Bertz CT molecular complexity index is 878. The van der Waals surface area contributed by atoms with Crippen molar-refractivity contribution in [1.29, 1.82) is 0 Å². The van der Waals surface area contributed by atoms with Crippen LogP contribution in [-0.2, 0) is 6.61 Å². The number of halogens is 1. The molecule has 6 nitrogen and oxygen atoms in total. The molecule has 126 valence electrons. The van der Waals surface area contributed by atoms with Crippen molar-refractivity contribution < 1.29 is 9.52 Å². The molecule has 24 heavy (non-hydrogen) atoms. The second kappa shape index (κ2) is 6.33. The van der Waals surface area contributed by atoms with E-state index in [0.717, 1.165) is 30.1 Å². The molecule has 3 heterocycles. The monoisotopic (exact) mass is 364 g/mol. The predicted molar refractivity (Wildman–Crippen MR) is 95.7 cm³/mol. The van der Waals surface area contributed by atoms with E-state index in [2.05, 4.69) is 27.1 Å². The minimum atomic E-state index is -0.0656. The highest BCUT2D eigenvalue weighted by Gasteiger charge is 2.24. The predicted octanol–water partition coefficient (Wildman–Crippen LogP) is 2.90. The number of anilines is 1. The van der Waals surface area contributed by atoms with Crippen molar-refractivity contribution in [1.82, 2.24) is 15.3 Å². The molecular weight excluding hydrogens is 348 g/mol. The van der Waals surface area contributed by atoms with E-state index in [1.807, 2.05) is 6.07 Å². The summed E-state index contributed by atoms with van der Waals surface area (Å²) in [4.78, 5) is 11.9. The molecule has 2 aromatic heterocycles. The molecule has 1 aromatic carbocycles. The highest BCUT2D eigenvalue weighted by Crippen LogP contribution is 2.36. The van der Waals surface area contributed by atoms with Gasteiger partial charge in [0.1, 0.15) is 5.52 Å². The van der Waals surface area contributed by atoms with Gasteiger partial charge in [0, 0.05) is 36.3 Å². The van der Waals surface area contributed by atoms with Crippen molar-refractivity contribution in [3.63, 3.8) is 0 Å². The first-order valence-electron chi connectivity index (χ1n) is 7.78. The van der Waals surface area contributed by atoms with E-state index < -0.39 is 0 Å². The summed E-state index contributed by atoms with van der Waals surface area (Å²) in [6, 6.07) is 4.51. The van der Waals surface area contributed by atoms with Crippen molar-refractivity contribution in [2.24, 2.45) is 0 Å². The van der Waals surface area contributed by atoms with Gasteiger partial charge in [-0.1, -0.05) is 11.6 Å². The van der Waals surface area contributed by atoms with Crippen LogP contribution in [0.3, 0.4) is 0 Å². The fraction of sp³-hybridized carbons (Fsp3) is 0.375. The second-order valence-electron chi connectivity index (χ2n) is 5.83. The Morgan fingerprint density at radius 3 is 3.17 bits per heavy atom. The van der Waals surface area contributed by atoms with Crippen molar-refractivity contribution >= 4 is 40.1 Å². The zero-order valence-corrected chi connectivity index (χ0v) is 14.7. The molecule has 0 aliphatic carbocycles. The minimum absolute atomic E-state index is 0.0656. The van der Waals surface area contributed by atoms with Crippen LogP contribution in [0.1, 0.15) is 11.8 Å². The van der Waals surface area contributed by atoms with Gasteiger partial charge in [-0.05, 0) is 19.1 Å². The van der Waals surface area contributed by atoms with Gasteiger partial charge >= 0.3 is 0 Å². The van der Waals surface area contributed by atoms with Crippen molar-refractivity contribution in [2.75, 3.05) is 24.5 Å². The van der Waals surface area contributed by atoms with Crippen LogP contribution < -0.4 is 10.2 Å². The van der Waals surface area contributed by atoms with E-state index in [-0.39, 0.29) is 6.61 Å². The number of oxazole rings is 1. The number of thiazole rings is 1. The van der Waals surface area contributed by atoms with Crippen LogP contribution in [0, 0.1) is 0 Å². The van der Waals surface area contributed by atoms with E-state index in [1.54, 1.807) is 11.6 Å². The van der Waals surface area contributed by atoms with Gasteiger partial charge in [-0.25, -0.2) is 4.98 Å².